The van der Waals surface area contributed by atoms with Crippen LogP contribution in [0.4, 0.5) is 16.2 Å². The highest BCUT2D eigenvalue weighted by molar-refractivity contribution is 6.33. The van der Waals surface area contributed by atoms with E-state index in [1.54, 1.807) is 29.2 Å². The van der Waals surface area contributed by atoms with Crippen LogP contribution in [-0.4, -0.2) is 61.0 Å². The predicted molar refractivity (Wildman–Crippen MR) is 167 cm³/mol. The Morgan fingerprint density at radius 2 is 1.74 bits per heavy atom. The van der Waals surface area contributed by atoms with Gasteiger partial charge >= 0.3 is 5.69 Å². The molecule has 5 rings (SSSR count). The van der Waals surface area contributed by atoms with E-state index >= 15 is 4.39 Å². The molecule has 0 bridgehead atoms. The van der Waals surface area contributed by atoms with Gasteiger partial charge in [-0.1, -0.05) is 58.0 Å². The Kier molecular flexibility index (Phi) is 8.20. The minimum atomic E-state index is -0.606. The Morgan fingerprint density at radius 3 is 2.33 bits per heavy atom. The van der Waals surface area contributed by atoms with Crippen molar-refractivity contribution in [2.75, 3.05) is 30.3 Å². The largest absolute Gasteiger partial charge is 0.368 e. The van der Waals surface area contributed by atoms with Gasteiger partial charge in [0.2, 0.25) is 11.9 Å². The number of hydrogen-bond acceptors (Lipinski definition) is 8. The van der Waals surface area contributed by atoms with Gasteiger partial charge in [-0.25, -0.2) is 28.7 Å². The lowest BCUT2D eigenvalue weighted by atomic mass is 10.0. The number of nitrogens with zero attached hydrogens (tertiary/aromatic N) is 7. The number of anilines is 2. The Hall–Kier alpha value is -4.38. The molecule has 0 saturated carbocycles. The molecule has 1 saturated heterocycles. The van der Waals surface area contributed by atoms with Crippen molar-refractivity contribution in [3.8, 4) is 16.9 Å². The normalized spacial score (nSPS) is 15.5. The van der Waals surface area contributed by atoms with Crippen molar-refractivity contribution >= 4 is 40.3 Å². The van der Waals surface area contributed by atoms with E-state index in [9.17, 15) is 9.59 Å². The molecule has 2 N–H and O–H groups in total. The fourth-order valence-corrected chi connectivity index (χ4v) is 5.77. The molecule has 0 radical (unpaired) electrons. The van der Waals surface area contributed by atoms with Crippen LogP contribution in [0.2, 0.25) is 5.02 Å². The molecule has 0 aliphatic carbocycles. The van der Waals surface area contributed by atoms with E-state index in [1.807, 2.05) is 39.5 Å². The monoisotopic (exact) mass is 604 g/mol. The van der Waals surface area contributed by atoms with E-state index in [4.69, 9.17) is 22.3 Å². The SMILES string of the molecule is C=CC(=O)N1CCN(c2nc(=O)n(-c3c(C(C)C)nc(N)nc3C(C)C)c3nc(-c4ccccc4F)c(Cl)cc23)[C@@H](C)C1. The number of hydrogen-bond donors (Lipinski definition) is 1. The Labute approximate surface area is 254 Å². The number of piperazine rings is 1. The second-order valence-corrected chi connectivity index (χ2v) is 11.7. The van der Waals surface area contributed by atoms with Crippen LogP contribution in [0.25, 0.3) is 28.0 Å². The van der Waals surface area contributed by atoms with Crippen molar-refractivity contribution < 1.29 is 9.18 Å². The number of amides is 1. The number of carbonyl (C=O) groups is 1. The maximum absolute atomic E-state index is 15.0. The third-order valence-corrected chi connectivity index (χ3v) is 7.88. The first-order valence-corrected chi connectivity index (χ1v) is 14.5. The quantitative estimate of drug-likeness (QED) is 0.302. The molecule has 0 spiro atoms. The van der Waals surface area contributed by atoms with Crippen molar-refractivity contribution in [2.24, 2.45) is 0 Å². The van der Waals surface area contributed by atoms with E-state index in [2.05, 4.69) is 21.5 Å². The number of nitrogen functional groups attached to an aromatic ring is 1. The van der Waals surface area contributed by atoms with Crippen LogP contribution in [0.1, 0.15) is 57.8 Å². The Bertz CT molecular complexity index is 1780. The van der Waals surface area contributed by atoms with Crippen LogP contribution in [0.15, 0.2) is 47.8 Å². The van der Waals surface area contributed by atoms with Crippen molar-refractivity contribution in [1.29, 1.82) is 0 Å². The lowest BCUT2D eigenvalue weighted by molar-refractivity contribution is -0.126. The van der Waals surface area contributed by atoms with E-state index in [0.717, 1.165) is 0 Å². The average Bonchev–Trinajstić information content (AvgIpc) is 2.96. The Morgan fingerprint density at radius 1 is 1.09 bits per heavy atom. The molecule has 1 aromatic carbocycles. The Balaban J connectivity index is 1.86. The van der Waals surface area contributed by atoms with E-state index < -0.39 is 11.5 Å². The first kappa shape index (κ1) is 30.1. The minimum absolute atomic E-state index is 0.0990. The van der Waals surface area contributed by atoms with Crippen molar-refractivity contribution in [3.05, 3.63) is 75.7 Å². The van der Waals surface area contributed by atoms with Crippen molar-refractivity contribution in [1.82, 2.24) is 29.4 Å². The number of halogens is 2. The molecule has 1 atom stereocenters. The zero-order chi connectivity index (χ0) is 31.2. The van der Waals surface area contributed by atoms with Crippen LogP contribution < -0.4 is 16.3 Å². The lowest BCUT2D eigenvalue weighted by Crippen LogP contribution is -2.54. The molecule has 1 amide bonds. The maximum atomic E-state index is 15.0. The number of carbonyl (C=O) groups excluding carboxylic acids is 1. The zero-order valence-electron chi connectivity index (χ0n) is 24.8. The molecule has 1 aliphatic heterocycles. The van der Waals surface area contributed by atoms with Gasteiger partial charge in [-0.2, -0.15) is 4.98 Å². The van der Waals surface area contributed by atoms with E-state index in [0.29, 0.717) is 47.9 Å². The number of nitrogens with two attached hydrogens (primary N) is 1. The summed E-state index contributed by atoms with van der Waals surface area (Å²) in [5, 5.41) is 0.682. The van der Waals surface area contributed by atoms with Gasteiger partial charge in [-0.05, 0) is 43.0 Å². The summed E-state index contributed by atoms with van der Waals surface area (Å²) in [5.41, 5.74) is 7.66. The molecule has 10 nitrogen and oxygen atoms in total. The molecule has 1 aliphatic rings. The molecular formula is C31H34ClFN8O2. The highest BCUT2D eigenvalue weighted by Crippen LogP contribution is 2.37. The van der Waals surface area contributed by atoms with Gasteiger partial charge in [-0.15, -0.1) is 0 Å². The van der Waals surface area contributed by atoms with E-state index in [1.165, 1.54) is 16.7 Å². The van der Waals surface area contributed by atoms with Crippen LogP contribution >= 0.6 is 11.6 Å². The molecule has 3 aromatic heterocycles. The summed E-state index contributed by atoms with van der Waals surface area (Å²) in [6, 6.07) is 7.67. The summed E-state index contributed by atoms with van der Waals surface area (Å²) in [7, 11) is 0. The van der Waals surface area contributed by atoms with Crippen LogP contribution in [-0.2, 0) is 4.79 Å². The number of fused-ring (bicyclic) bond motifs is 1. The molecular weight excluding hydrogens is 571 g/mol. The minimum Gasteiger partial charge on any atom is -0.368 e. The molecule has 12 heteroatoms. The maximum Gasteiger partial charge on any atom is 0.355 e. The van der Waals surface area contributed by atoms with Gasteiger partial charge in [0.15, 0.2) is 5.65 Å². The third kappa shape index (κ3) is 5.45. The third-order valence-electron chi connectivity index (χ3n) is 7.59. The highest BCUT2D eigenvalue weighted by atomic mass is 35.5. The zero-order valence-corrected chi connectivity index (χ0v) is 25.6. The average molecular weight is 605 g/mol. The van der Waals surface area contributed by atoms with Crippen molar-refractivity contribution in [2.45, 2.75) is 52.5 Å². The smallest absolute Gasteiger partial charge is 0.355 e. The lowest BCUT2D eigenvalue weighted by Gasteiger charge is -2.40. The summed E-state index contributed by atoms with van der Waals surface area (Å²) in [6.45, 7) is 14.6. The summed E-state index contributed by atoms with van der Waals surface area (Å²) >= 11 is 6.79. The molecule has 4 heterocycles. The fourth-order valence-electron chi connectivity index (χ4n) is 5.51. The van der Waals surface area contributed by atoms with Gasteiger partial charge in [0, 0.05) is 31.2 Å². The predicted octanol–water partition coefficient (Wildman–Crippen LogP) is 5.08. The molecule has 43 heavy (non-hydrogen) atoms. The highest BCUT2D eigenvalue weighted by Gasteiger charge is 2.31. The first-order valence-electron chi connectivity index (χ1n) is 14.2. The van der Waals surface area contributed by atoms with Gasteiger partial charge in [-0.3, -0.25) is 4.79 Å². The molecule has 0 unspecified atom stereocenters. The van der Waals surface area contributed by atoms with Crippen LogP contribution in [0.5, 0.6) is 0 Å². The van der Waals surface area contributed by atoms with Gasteiger partial charge in [0.05, 0.1) is 33.2 Å². The van der Waals surface area contributed by atoms with Gasteiger partial charge in [0.1, 0.15) is 11.6 Å². The number of benzene rings is 1. The van der Waals surface area contributed by atoms with Gasteiger partial charge in [0.25, 0.3) is 0 Å². The van der Waals surface area contributed by atoms with Gasteiger partial charge < -0.3 is 15.5 Å². The van der Waals surface area contributed by atoms with Crippen LogP contribution in [0, 0.1) is 5.82 Å². The van der Waals surface area contributed by atoms with Crippen molar-refractivity contribution in [3.63, 3.8) is 0 Å². The number of rotatable bonds is 6. The summed E-state index contributed by atoms with van der Waals surface area (Å²) in [4.78, 5) is 48.6. The summed E-state index contributed by atoms with van der Waals surface area (Å²) < 4.78 is 16.4. The van der Waals surface area contributed by atoms with Crippen LogP contribution in [0.3, 0.4) is 0 Å². The first-order chi connectivity index (χ1) is 20.4. The standard InChI is InChI=1S/C31H34ClFN8O2/c1-7-23(42)39-12-13-40(18(6)15-39)28-20-14-21(32)26(19-10-8-9-11-22(19)33)35-29(20)41(31(43)38-28)27-24(16(2)3)36-30(34)37-25(27)17(4)5/h7-11,14,16-18H,1,12-13,15H2,2-6H3,(H2,34,36,37)/t18-/m0/s1. The summed E-state index contributed by atoms with van der Waals surface area (Å²) in [6.07, 6.45) is 1.29. The second kappa shape index (κ2) is 11.7. The molecule has 4 aromatic rings. The topological polar surface area (TPSA) is 123 Å². The molecule has 1 fully saturated rings. The molecule has 224 valence electrons. The number of pyridine rings is 1. The fraction of sp³-hybridized carbons (Fsp3) is 0.355. The summed E-state index contributed by atoms with van der Waals surface area (Å²) in [5.74, 6) is -0.455. The van der Waals surface area contributed by atoms with E-state index in [-0.39, 0.29) is 51.7 Å². The second-order valence-electron chi connectivity index (χ2n) is 11.3. The number of aromatic nitrogens is 5.